The van der Waals surface area contributed by atoms with Gasteiger partial charge in [0.2, 0.25) is 11.8 Å². The van der Waals surface area contributed by atoms with Crippen LogP contribution >= 0.6 is 11.8 Å². The Hall–Kier alpha value is -3.25. The van der Waals surface area contributed by atoms with Gasteiger partial charge in [-0.3, -0.25) is 9.59 Å². The quantitative estimate of drug-likeness (QED) is 0.552. The van der Waals surface area contributed by atoms with E-state index in [4.69, 9.17) is 0 Å². The maximum atomic E-state index is 12.8. The number of aryl methyl sites for hydroxylation is 2. The number of likely N-dealkylation sites (N-methyl/N-ethyl adjacent to an activating group) is 1. The van der Waals surface area contributed by atoms with E-state index in [1.54, 1.807) is 18.8 Å². The molecule has 0 spiro atoms. The number of amides is 2. The minimum Gasteiger partial charge on any atom is -0.339 e. The SMILES string of the molecule is Cc1ccc(C)c(NC(=O)CN(C)C(=O)CCN2c3ccccc3Sc3ccccc32)c1. The lowest BCUT2D eigenvalue weighted by molar-refractivity contribution is -0.133. The molecule has 0 unspecified atom stereocenters. The van der Waals surface area contributed by atoms with Crippen LogP contribution in [0.3, 0.4) is 0 Å². The average molecular weight is 446 g/mol. The fourth-order valence-electron chi connectivity index (χ4n) is 3.78. The van der Waals surface area contributed by atoms with Crippen molar-refractivity contribution in [1.82, 2.24) is 4.90 Å². The van der Waals surface area contributed by atoms with Crippen molar-refractivity contribution in [3.05, 3.63) is 77.9 Å². The number of fused-ring (bicyclic) bond motifs is 2. The number of carbonyl (C=O) groups is 2. The molecule has 6 heteroatoms. The number of nitrogens with zero attached hydrogens (tertiary/aromatic N) is 2. The third-order valence-electron chi connectivity index (χ3n) is 5.55. The molecule has 0 radical (unpaired) electrons. The summed E-state index contributed by atoms with van der Waals surface area (Å²) in [5.41, 5.74) is 5.09. The number of benzene rings is 3. The van der Waals surface area contributed by atoms with Gasteiger partial charge in [-0.1, -0.05) is 48.2 Å². The molecule has 0 aliphatic carbocycles. The van der Waals surface area contributed by atoms with Gasteiger partial charge in [0, 0.05) is 35.5 Å². The van der Waals surface area contributed by atoms with Crippen molar-refractivity contribution in [3.8, 4) is 0 Å². The summed E-state index contributed by atoms with van der Waals surface area (Å²) >= 11 is 1.75. The molecule has 0 aromatic heterocycles. The molecule has 164 valence electrons. The lowest BCUT2D eigenvalue weighted by atomic mass is 10.1. The van der Waals surface area contributed by atoms with Crippen molar-refractivity contribution < 1.29 is 9.59 Å². The van der Waals surface area contributed by atoms with Gasteiger partial charge in [0.05, 0.1) is 17.9 Å². The molecule has 5 nitrogen and oxygen atoms in total. The van der Waals surface area contributed by atoms with Crippen LogP contribution in [0.15, 0.2) is 76.5 Å². The first-order chi connectivity index (χ1) is 15.4. The van der Waals surface area contributed by atoms with E-state index in [2.05, 4.69) is 34.5 Å². The molecule has 1 N–H and O–H groups in total. The second kappa shape index (κ2) is 9.49. The Labute approximate surface area is 193 Å². The third kappa shape index (κ3) is 4.81. The van der Waals surface area contributed by atoms with Crippen LogP contribution in [-0.2, 0) is 9.59 Å². The van der Waals surface area contributed by atoms with Crippen molar-refractivity contribution in [3.63, 3.8) is 0 Å². The first-order valence-corrected chi connectivity index (χ1v) is 11.5. The van der Waals surface area contributed by atoms with Crippen LogP contribution in [0.5, 0.6) is 0 Å². The largest absolute Gasteiger partial charge is 0.339 e. The Kier molecular flexibility index (Phi) is 6.51. The van der Waals surface area contributed by atoms with E-state index in [9.17, 15) is 9.59 Å². The van der Waals surface area contributed by atoms with Gasteiger partial charge in [0.1, 0.15) is 0 Å². The van der Waals surface area contributed by atoms with Gasteiger partial charge in [-0.15, -0.1) is 0 Å². The van der Waals surface area contributed by atoms with Gasteiger partial charge in [-0.2, -0.15) is 0 Å². The number of carbonyl (C=O) groups excluding carboxylic acids is 2. The molecule has 0 fully saturated rings. The minimum absolute atomic E-state index is 0.0231. The zero-order valence-corrected chi connectivity index (χ0v) is 19.4. The van der Waals surface area contributed by atoms with E-state index in [0.29, 0.717) is 13.0 Å². The van der Waals surface area contributed by atoms with E-state index in [0.717, 1.165) is 28.2 Å². The molecule has 0 saturated heterocycles. The topological polar surface area (TPSA) is 52.7 Å². The van der Waals surface area contributed by atoms with Gasteiger partial charge in [-0.25, -0.2) is 0 Å². The van der Waals surface area contributed by atoms with Crippen LogP contribution in [0.4, 0.5) is 17.1 Å². The maximum absolute atomic E-state index is 12.8. The van der Waals surface area contributed by atoms with Gasteiger partial charge >= 0.3 is 0 Å². The number of para-hydroxylation sites is 2. The van der Waals surface area contributed by atoms with Crippen molar-refractivity contribution in [2.75, 3.05) is 30.4 Å². The van der Waals surface area contributed by atoms with Gasteiger partial charge in [0.15, 0.2) is 0 Å². The molecule has 2 amide bonds. The van der Waals surface area contributed by atoms with E-state index >= 15 is 0 Å². The third-order valence-corrected chi connectivity index (χ3v) is 6.69. The van der Waals surface area contributed by atoms with E-state index in [-0.39, 0.29) is 18.4 Å². The van der Waals surface area contributed by atoms with Crippen LogP contribution < -0.4 is 10.2 Å². The smallest absolute Gasteiger partial charge is 0.243 e. The Morgan fingerprint density at radius 2 is 1.56 bits per heavy atom. The molecule has 32 heavy (non-hydrogen) atoms. The number of rotatable bonds is 6. The predicted octanol–water partition coefficient (Wildman–Crippen LogP) is 5.39. The van der Waals surface area contributed by atoms with Crippen LogP contribution in [0, 0.1) is 13.8 Å². The number of hydrogen-bond acceptors (Lipinski definition) is 4. The molecular weight excluding hydrogens is 418 g/mol. The summed E-state index contributed by atoms with van der Waals surface area (Å²) in [6.45, 7) is 4.52. The highest BCUT2D eigenvalue weighted by Gasteiger charge is 2.24. The van der Waals surface area contributed by atoms with E-state index < -0.39 is 0 Å². The molecule has 0 saturated carbocycles. The second-order valence-corrected chi connectivity index (χ2v) is 9.14. The van der Waals surface area contributed by atoms with Crippen molar-refractivity contribution >= 4 is 40.6 Å². The summed E-state index contributed by atoms with van der Waals surface area (Å²) in [6, 6.07) is 22.4. The van der Waals surface area contributed by atoms with Crippen molar-refractivity contribution in [2.45, 2.75) is 30.1 Å². The molecule has 1 aliphatic rings. The van der Waals surface area contributed by atoms with Crippen molar-refractivity contribution in [1.29, 1.82) is 0 Å². The molecule has 1 heterocycles. The zero-order chi connectivity index (χ0) is 22.7. The Bertz CT molecular complexity index is 1120. The van der Waals surface area contributed by atoms with Crippen LogP contribution in [0.2, 0.25) is 0 Å². The molecular formula is C26H27N3O2S. The summed E-state index contributed by atoms with van der Waals surface area (Å²) < 4.78 is 0. The Balaban J connectivity index is 1.39. The normalized spacial score (nSPS) is 12.0. The van der Waals surface area contributed by atoms with Crippen LogP contribution in [0.25, 0.3) is 0 Å². The fourth-order valence-corrected chi connectivity index (χ4v) is 4.88. The number of hydrogen-bond donors (Lipinski definition) is 1. The maximum Gasteiger partial charge on any atom is 0.243 e. The van der Waals surface area contributed by atoms with Crippen LogP contribution in [0.1, 0.15) is 17.5 Å². The van der Waals surface area contributed by atoms with E-state index in [1.165, 1.54) is 14.7 Å². The highest BCUT2D eigenvalue weighted by atomic mass is 32.2. The van der Waals surface area contributed by atoms with Gasteiger partial charge < -0.3 is 15.1 Å². The highest BCUT2D eigenvalue weighted by Crippen LogP contribution is 2.47. The number of nitrogens with one attached hydrogen (secondary N) is 1. The summed E-state index contributed by atoms with van der Waals surface area (Å²) in [5, 5.41) is 2.92. The summed E-state index contributed by atoms with van der Waals surface area (Å²) in [5.74, 6) is -0.256. The number of anilines is 3. The van der Waals surface area contributed by atoms with Crippen LogP contribution in [-0.4, -0.2) is 36.9 Å². The second-order valence-electron chi connectivity index (χ2n) is 8.06. The lowest BCUT2D eigenvalue weighted by Gasteiger charge is -2.33. The zero-order valence-electron chi connectivity index (χ0n) is 18.6. The molecule has 1 aliphatic heterocycles. The van der Waals surface area contributed by atoms with Gasteiger partial charge in [-0.05, 0) is 55.3 Å². The highest BCUT2D eigenvalue weighted by molar-refractivity contribution is 7.99. The molecule has 4 rings (SSSR count). The molecule has 0 bridgehead atoms. The minimum atomic E-state index is -0.195. The average Bonchev–Trinajstić information content (AvgIpc) is 2.78. The first-order valence-electron chi connectivity index (χ1n) is 10.7. The van der Waals surface area contributed by atoms with Gasteiger partial charge in [0.25, 0.3) is 0 Å². The lowest BCUT2D eigenvalue weighted by Crippen LogP contribution is -2.36. The molecule has 0 atom stereocenters. The summed E-state index contributed by atoms with van der Waals surface area (Å²) in [4.78, 5) is 31.4. The molecule has 3 aromatic carbocycles. The standard InChI is InChI=1S/C26H27N3O2S/c1-18-12-13-19(2)20(16-18)27-25(30)17-28(3)26(31)14-15-29-21-8-4-6-10-23(21)32-24-11-7-5-9-22(24)29/h4-13,16H,14-15,17H2,1-3H3,(H,27,30). The predicted molar refractivity (Wildman–Crippen MR) is 131 cm³/mol. The monoisotopic (exact) mass is 445 g/mol. The Morgan fingerprint density at radius 1 is 0.938 bits per heavy atom. The first kappa shape index (κ1) is 22.0. The summed E-state index contributed by atoms with van der Waals surface area (Å²) in [6.07, 6.45) is 0.320. The van der Waals surface area contributed by atoms with E-state index in [1.807, 2.05) is 56.3 Å². The summed E-state index contributed by atoms with van der Waals surface area (Å²) in [7, 11) is 1.68. The fraction of sp³-hybridized carbons (Fsp3) is 0.231. The molecule has 3 aromatic rings. The Morgan fingerprint density at radius 3 is 2.22 bits per heavy atom. The van der Waals surface area contributed by atoms with Crippen molar-refractivity contribution in [2.24, 2.45) is 0 Å².